The Bertz CT molecular complexity index is 486. The Morgan fingerprint density at radius 3 is 2.24 bits per heavy atom. The molecular weight excluding hydrogens is 254 g/mol. The van der Waals surface area contributed by atoms with Crippen LogP contribution in [0.4, 0.5) is 0 Å². The highest BCUT2D eigenvalue weighted by atomic mass is 14.4. The van der Waals surface area contributed by atoms with Gasteiger partial charge in [-0.3, -0.25) is 0 Å². The quantitative estimate of drug-likeness (QED) is 0.628. The van der Waals surface area contributed by atoms with Gasteiger partial charge >= 0.3 is 0 Å². The van der Waals surface area contributed by atoms with Gasteiger partial charge in [0.25, 0.3) is 0 Å². The Hall–Kier alpha value is -1.29. The highest BCUT2D eigenvalue weighted by molar-refractivity contribution is 5.30. The zero-order valence-corrected chi connectivity index (χ0v) is 14.0. The van der Waals surface area contributed by atoms with E-state index in [-0.39, 0.29) is 11.3 Å². The van der Waals surface area contributed by atoms with Crippen molar-refractivity contribution in [1.29, 1.82) is 5.26 Å². The van der Waals surface area contributed by atoms with E-state index in [1.807, 2.05) is 0 Å². The molecule has 1 aromatic carbocycles. The Labute approximate surface area is 130 Å². The summed E-state index contributed by atoms with van der Waals surface area (Å²) in [4.78, 5) is 0. The van der Waals surface area contributed by atoms with Crippen molar-refractivity contribution < 1.29 is 0 Å². The van der Waals surface area contributed by atoms with Gasteiger partial charge in [-0.15, -0.1) is 0 Å². The molecule has 1 aromatic rings. The average molecular weight is 283 g/mol. The van der Waals surface area contributed by atoms with Gasteiger partial charge in [0.1, 0.15) is 0 Å². The SMILES string of the molecule is CC(C#N)C1CCCCCC1c1ccc(C(C)(C)C)cc1. The maximum absolute atomic E-state index is 9.34. The van der Waals surface area contributed by atoms with Crippen LogP contribution in [0.5, 0.6) is 0 Å². The minimum Gasteiger partial charge on any atom is -0.198 e. The molecular formula is C20H29N. The van der Waals surface area contributed by atoms with Crippen LogP contribution in [-0.4, -0.2) is 0 Å². The zero-order chi connectivity index (χ0) is 15.5. The van der Waals surface area contributed by atoms with Crippen LogP contribution in [0.2, 0.25) is 0 Å². The summed E-state index contributed by atoms with van der Waals surface area (Å²) >= 11 is 0. The van der Waals surface area contributed by atoms with Crippen molar-refractivity contribution in [2.24, 2.45) is 11.8 Å². The first-order valence-corrected chi connectivity index (χ1v) is 8.43. The average Bonchev–Trinajstić information content (AvgIpc) is 2.71. The molecule has 1 aliphatic carbocycles. The molecule has 0 saturated heterocycles. The van der Waals surface area contributed by atoms with Gasteiger partial charge in [0.2, 0.25) is 0 Å². The van der Waals surface area contributed by atoms with Crippen molar-refractivity contribution in [3.8, 4) is 6.07 Å². The predicted octanol–water partition coefficient (Wildman–Crippen LogP) is 5.81. The third kappa shape index (κ3) is 3.88. The molecule has 3 atom stereocenters. The van der Waals surface area contributed by atoms with Crippen molar-refractivity contribution >= 4 is 0 Å². The molecule has 1 fully saturated rings. The molecule has 0 aromatic heterocycles. The molecule has 1 nitrogen and oxygen atoms in total. The molecule has 21 heavy (non-hydrogen) atoms. The molecule has 114 valence electrons. The Morgan fingerprint density at radius 1 is 1.05 bits per heavy atom. The summed E-state index contributed by atoms with van der Waals surface area (Å²) in [5.41, 5.74) is 3.04. The van der Waals surface area contributed by atoms with Crippen LogP contribution in [-0.2, 0) is 5.41 Å². The highest BCUT2D eigenvalue weighted by Gasteiger charge is 2.29. The van der Waals surface area contributed by atoms with E-state index in [2.05, 4.69) is 58.0 Å². The second-order valence-electron chi connectivity index (χ2n) is 7.70. The summed E-state index contributed by atoms with van der Waals surface area (Å²) in [7, 11) is 0. The maximum atomic E-state index is 9.34. The molecule has 0 heterocycles. The van der Waals surface area contributed by atoms with Crippen molar-refractivity contribution in [1.82, 2.24) is 0 Å². The first-order chi connectivity index (χ1) is 9.93. The largest absolute Gasteiger partial charge is 0.198 e. The van der Waals surface area contributed by atoms with E-state index in [0.29, 0.717) is 11.8 Å². The van der Waals surface area contributed by atoms with E-state index < -0.39 is 0 Å². The van der Waals surface area contributed by atoms with Gasteiger partial charge in [0, 0.05) is 5.92 Å². The van der Waals surface area contributed by atoms with Crippen LogP contribution in [0.3, 0.4) is 0 Å². The molecule has 0 N–H and O–H groups in total. The lowest BCUT2D eigenvalue weighted by molar-refractivity contribution is 0.331. The summed E-state index contributed by atoms with van der Waals surface area (Å²) in [6, 6.07) is 11.7. The van der Waals surface area contributed by atoms with Gasteiger partial charge < -0.3 is 0 Å². The first kappa shape index (κ1) is 16.1. The summed E-state index contributed by atoms with van der Waals surface area (Å²) < 4.78 is 0. The smallest absolute Gasteiger partial charge is 0.0656 e. The second kappa shape index (κ2) is 6.65. The lowest BCUT2D eigenvalue weighted by atomic mass is 9.75. The number of rotatable bonds is 2. The van der Waals surface area contributed by atoms with Gasteiger partial charge in [-0.1, -0.05) is 64.3 Å². The molecule has 0 aliphatic heterocycles. The summed E-state index contributed by atoms with van der Waals surface area (Å²) in [5.74, 6) is 1.25. The molecule has 1 saturated carbocycles. The van der Waals surface area contributed by atoms with Crippen molar-refractivity contribution in [3.05, 3.63) is 35.4 Å². The minimum atomic E-state index is 0.162. The van der Waals surface area contributed by atoms with E-state index in [1.165, 1.54) is 43.2 Å². The fourth-order valence-electron chi connectivity index (χ4n) is 3.67. The monoisotopic (exact) mass is 283 g/mol. The lowest BCUT2D eigenvalue weighted by Crippen LogP contribution is -2.19. The van der Waals surface area contributed by atoms with Crippen molar-refractivity contribution in [3.63, 3.8) is 0 Å². The summed E-state index contributed by atoms with van der Waals surface area (Å²) in [6.07, 6.45) is 6.37. The second-order valence-corrected chi connectivity index (χ2v) is 7.70. The number of hydrogen-bond donors (Lipinski definition) is 0. The van der Waals surface area contributed by atoms with E-state index in [1.54, 1.807) is 0 Å². The minimum absolute atomic E-state index is 0.162. The van der Waals surface area contributed by atoms with Gasteiger partial charge in [-0.05, 0) is 48.1 Å². The van der Waals surface area contributed by atoms with Gasteiger partial charge in [-0.2, -0.15) is 5.26 Å². The van der Waals surface area contributed by atoms with Crippen LogP contribution in [0.1, 0.15) is 76.8 Å². The fourth-order valence-corrected chi connectivity index (χ4v) is 3.67. The van der Waals surface area contributed by atoms with Crippen molar-refractivity contribution in [2.75, 3.05) is 0 Å². The molecule has 1 aliphatic rings. The topological polar surface area (TPSA) is 23.8 Å². The normalized spacial score (nSPS) is 24.9. The van der Waals surface area contributed by atoms with Crippen LogP contribution < -0.4 is 0 Å². The third-order valence-corrected chi connectivity index (χ3v) is 5.12. The van der Waals surface area contributed by atoms with Crippen LogP contribution >= 0.6 is 0 Å². The van der Waals surface area contributed by atoms with Gasteiger partial charge in [-0.25, -0.2) is 0 Å². The summed E-state index contributed by atoms with van der Waals surface area (Å²) in [5, 5.41) is 9.34. The van der Waals surface area contributed by atoms with Crippen LogP contribution in [0.15, 0.2) is 24.3 Å². The molecule has 2 rings (SSSR count). The third-order valence-electron chi connectivity index (χ3n) is 5.12. The van der Waals surface area contributed by atoms with Gasteiger partial charge in [0.15, 0.2) is 0 Å². The van der Waals surface area contributed by atoms with E-state index in [9.17, 15) is 5.26 Å². The molecule has 1 heteroatoms. The van der Waals surface area contributed by atoms with E-state index >= 15 is 0 Å². The number of benzene rings is 1. The fraction of sp³-hybridized carbons (Fsp3) is 0.650. The zero-order valence-electron chi connectivity index (χ0n) is 14.0. The first-order valence-electron chi connectivity index (χ1n) is 8.43. The molecule has 3 unspecified atom stereocenters. The Kier molecular flexibility index (Phi) is 5.09. The van der Waals surface area contributed by atoms with Crippen LogP contribution in [0, 0.1) is 23.2 Å². The number of nitrogens with zero attached hydrogens (tertiary/aromatic N) is 1. The lowest BCUT2D eigenvalue weighted by Gasteiger charge is -2.28. The highest BCUT2D eigenvalue weighted by Crippen LogP contribution is 2.40. The Morgan fingerprint density at radius 2 is 1.67 bits per heavy atom. The van der Waals surface area contributed by atoms with Crippen LogP contribution in [0.25, 0.3) is 0 Å². The number of nitriles is 1. The summed E-state index contributed by atoms with van der Waals surface area (Å²) in [6.45, 7) is 8.88. The van der Waals surface area contributed by atoms with Crippen molar-refractivity contribution in [2.45, 2.75) is 71.1 Å². The maximum Gasteiger partial charge on any atom is 0.0656 e. The van der Waals surface area contributed by atoms with E-state index in [0.717, 1.165) is 0 Å². The van der Waals surface area contributed by atoms with Gasteiger partial charge in [0.05, 0.1) is 6.07 Å². The molecule has 0 bridgehead atoms. The Balaban J connectivity index is 2.26. The molecule has 0 radical (unpaired) electrons. The predicted molar refractivity (Wildman–Crippen MR) is 89.2 cm³/mol. The molecule has 0 spiro atoms. The standard InChI is InChI=1S/C20H29N/c1-15(14-21)18-8-6-5-7-9-19(18)16-10-12-17(13-11-16)20(2,3)4/h10-13,15,18-19H,5-9H2,1-4H3. The number of hydrogen-bond acceptors (Lipinski definition) is 1. The molecule has 0 amide bonds. The van der Waals surface area contributed by atoms with E-state index in [4.69, 9.17) is 0 Å².